The van der Waals surface area contributed by atoms with Gasteiger partial charge in [-0.3, -0.25) is 9.36 Å². The van der Waals surface area contributed by atoms with Crippen LogP contribution in [0.2, 0.25) is 0 Å². The topological polar surface area (TPSA) is 168 Å². The highest BCUT2D eigenvalue weighted by Gasteiger charge is 2.52. The molecule has 0 unspecified atom stereocenters. The van der Waals surface area contributed by atoms with Gasteiger partial charge in [-0.05, 0) is 111 Å². The van der Waals surface area contributed by atoms with Crippen LogP contribution in [-0.4, -0.2) is 93.6 Å². The average molecular weight is 1090 g/mol. The molecule has 1 saturated heterocycles. The fraction of sp³-hybridized carbons (Fsp3) is 0.256. The smallest absolute Gasteiger partial charge is 0.464 e. The van der Waals surface area contributed by atoms with Crippen molar-refractivity contribution in [1.29, 1.82) is 0 Å². The number of carbonyl (C=O) groups is 2. The number of hydrogen-bond donors (Lipinski definition) is 0. The van der Waals surface area contributed by atoms with E-state index >= 15 is 0 Å². The number of rotatable bonds is 6. The maximum absolute atomic E-state index is 12.2. The third-order valence-electron chi connectivity index (χ3n) is 10.1. The second kappa shape index (κ2) is 19.2. The lowest BCUT2D eigenvalue weighted by Crippen LogP contribution is -2.41. The number of fused-ring (bicyclic) bond motifs is 2. The molecule has 0 spiro atoms. The number of nitrogens with zero attached hydrogens (tertiary/aromatic N) is 10. The van der Waals surface area contributed by atoms with Crippen molar-refractivity contribution in [2.45, 2.75) is 46.3 Å². The van der Waals surface area contributed by atoms with E-state index in [9.17, 15) is 9.59 Å². The van der Waals surface area contributed by atoms with E-state index in [0.29, 0.717) is 22.1 Å². The molecule has 16 nitrogen and oxygen atoms in total. The zero-order valence-electron chi connectivity index (χ0n) is 34.9. The number of ether oxygens (including phenoxy) is 2. The summed E-state index contributed by atoms with van der Waals surface area (Å²) in [4.78, 5) is 33.1. The first-order valence-corrected chi connectivity index (χ1v) is 21.6. The molecule has 0 N–H and O–H groups in total. The Bertz CT molecular complexity index is 2930. The molecule has 326 valence electrons. The lowest BCUT2D eigenvalue weighted by Gasteiger charge is -2.32. The van der Waals surface area contributed by atoms with E-state index in [4.69, 9.17) is 18.8 Å². The van der Waals surface area contributed by atoms with Gasteiger partial charge in [0.15, 0.2) is 22.7 Å². The molecular weight excluding hydrogens is 1050 g/mol. The Balaban J connectivity index is 0.000000162. The summed E-state index contributed by atoms with van der Waals surface area (Å²) in [5.41, 5.74) is 5.09. The molecule has 8 aromatic rings. The van der Waals surface area contributed by atoms with Crippen LogP contribution in [0.1, 0.15) is 56.1 Å². The minimum Gasteiger partial charge on any atom is -0.464 e. The van der Waals surface area contributed by atoms with Gasteiger partial charge in [-0.25, -0.2) is 28.9 Å². The van der Waals surface area contributed by atoms with Gasteiger partial charge in [0.2, 0.25) is 0 Å². The van der Waals surface area contributed by atoms with Gasteiger partial charge in [0.1, 0.15) is 0 Å². The molecule has 0 atom stereocenters. The normalized spacial score (nSPS) is 13.7. The van der Waals surface area contributed by atoms with Gasteiger partial charge in [0.05, 0.1) is 58.9 Å². The number of aryl methyl sites for hydroxylation is 2. The van der Waals surface area contributed by atoms with Crippen LogP contribution < -0.4 is 5.59 Å². The SMILES string of the molecule is C.COC(=O)c1nn(-c2cccc(Br)c2)c2ncc(-c3ccn(C)n3)cc12.COC(=O)c1nn(-c2cccc(Br)c2)c2ncc(I)cc12.Cn1ccc(B2OC(C)(C)C(C)(C)O2)n1. The lowest BCUT2D eigenvalue weighted by molar-refractivity contribution is 0.00578. The molecule has 1 aliphatic heterocycles. The monoisotopic (exact) mass is 1090 g/mol. The van der Waals surface area contributed by atoms with Crippen molar-refractivity contribution >= 4 is 101 Å². The summed E-state index contributed by atoms with van der Waals surface area (Å²) in [5.74, 6) is -0.985. The first-order valence-electron chi connectivity index (χ1n) is 19.0. The summed E-state index contributed by atoms with van der Waals surface area (Å²) in [5, 5.41) is 18.8. The fourth-order valence-corrected chi connectivity index (χ4v) is 7.51. The minimum absolute atomic E-state index is 0. The molecule has 9 rings (SSSR count). The summed E-state index contributed by atoms with van der Waals surface area (Å²) in [7, 11) is 6.06. The zero-order chi connectivity index (χ0) is 44.5. The van der Waals surface area contributed by atoms with Gasteiger partial charge in [0.25, 0.3) is 0 Å². The number of hydrogen-bond acceptors (Lipinski definition) is 12. The molecule has 20 heteroatoms. The number of pyridine rings is 2. The highest BCUT2D eigenvalue weighted by atomic mass is 127. The number of esters is 2. The molecule has 0 radical (unpaired) electrons. The molecule has 0 aliphatic carbocycles. The van der Waals surface area contributed by atoms with E-state index in [1.54, 1.807) is 31.1 Å². The van der Waals surface area contributed by atoms with Gasteiger partial charge in [0, 0.05) is 57.0 Å². The quantitative estimate of drug-likeness (QED) is 0.0889. The molecule has 63 heavy (non-hydrogen) atoms. The van der Waals surface area contributed by atoms with Crippen molar-refractivity contribution in [3.63, 3.8) is 0 Å². The fourth-order valence-electron chi connectivity index (χ4n) is 6.28. The van der Waals surface area contributed by atoms with Gasteiger partial charge in [-0.2, -0.15) is 20.4 Å². The van der Waals surface area contributed by atoms with Gasteiger partial charge in [-0.1, -0.05) is 51.4 Å². The summed E-state index contributed by atoms with van der Waals surface area (Å²) >= 11 is 9.03. The summed E-state index contributed by atoms with van der Waals surface area (Å²) < 4.78 is 30.9. The molecule has 7 heterocycles. The predicted octanol–water partition coefficient (Wildman–Crippen LogP) is 8.30. The van der Waals surface area contributed by atoms with Gasteiger partial charge in [-0.15, -0.1) is 0 Å². The Hall–Kier alpha value is -5.29. The van der Waals surface area contributed by atoms with E-state index in [0.717, 1.165) is 40.7 Å². The lowest BCUT2D eigenvalue weighted by atomic mass is 9.85. The molecule has 0 amide bonds. The minimum atomic E-state index is -0.510. The Morgan fingerprint density at radius 3 is 1.63 bits per heavy atom. The van der Waals surface area contributed by atoms with E-state index in [2.05, 4.69) is 84.8 Å². The van der Waals surface area contributed by atoms with E-state index in [1.165, 1.54) is 14.2 Å². The van der Waals surface area contributed by atoms with Crippen LogP contribution in [0.15, 0.2) is 107 Å². The highest BCUT2D eigenvalue weighted by molar-refractivity contribution is 14.1. The molecule has 6 aromatic heterocycles. The van der Waals surface area contributed by atoms with Crippen LogP contribution >= 0.6 is 54.5 Å². The second-order valence-electron chi connectivity index (χ2n) is 15.0. The maximum atomic E-state index is 12.2. The molecule has 1 aliphatic rings. The summed E-state index contributed by atoms with van der Waals surface area (Å²) in [6, 6.07) is 22.8. The van der Waals surface area contributed by atoms with Crippen molar-refractivity contribution < 1.29 is 28.4 Å². The van der Waals surface area contributed by atoms with Crippen LogP contribution in [0.3, 0.4) is 0 Å². The Morgan fingerprint density at radius 2 is 1.17 bits per heavy atom. The van der Waals surface area contributed by atoms with Crippen molar-refractivity contribution in [2.24, 2.45) is 14.1 Å². The Morgan fingerprint density at radius 1 is 0.683 bits per heavy atom. The molecule has 0 saturated carbocycles. The Kier molecular flexibility index (Phi) is 14.4. The highest BCUT2D eigenvalue weighted by Crippen LogP contribution is 2.36. The first-order chi connectivity index (χ1) is 29.5. The van der Waals surface area contributed by atoms with E-state index in [-0.39, 0.29) is 37.1 Å². The maximum Gasteiger partial charge on any atom is 0.516 e. The number of aromatic nitrogens is 10. The van der Waals surface area contributed by atoms with Crippen LogP contribution in [0.25, 0.3) is 44.7 Å². The van der Waals surface area contributed by atoms with Crippen molar-refractivity contribution in [1.82, 2.24) is 49.1 Å². The number of benzene rings is 2. The van der Waals surface area contributed by atoms with Gasteiger partial charge < -0.3 is 18.8 Å². The standard InChI is InChI=1S/C18H14BrN5O2.C14H9BrIN3O2.C10H17BN2O2.CH4/c1-23-7-6-15(21-23)11-8-14-16(18(25)26-2)22-24(17(14)20-10-11)13-5-3-4-12(19)9-13;1-21-14(20)12-11-6-9(16)7-17-13(11)19(18-12)10-4-2-3-8(15)5-10;1-9(2)10(3,4)15-11(14-9)8-6-7-13(5)12-8;/h3-10H,1-2H3;2-7H,1H3;6-7H,1-5H3;1H4. The zero-order valence-corrected chi connectivity index (χ0v) is 40.2. The van der Waals surface area contributed by atoms with Crippen LogP contribution in [0.4, 0.5) is 0 Å². The predicted molar refractivity (Wildman–Crippen MR) is 256 cm³/mol. The van der Waals surface area contributed by atoms with Crippen LogP contribution in [0.5, 0.6) is 0 Å². The number of methoxy groups -OCH3 is 2. The first kappa shape index (κ1) is 47.2. The molecular formula is C43H44BBr2IN10O6. The van der Waals surface area contributed by atoms with Crippen molar-refractivity contribution in [3.8, 4) is 22.6 Å². The van der Waals surface area contributed by atoms with Crippen LogP contribution in [0, 0.1) is 3.57 Å². The molecule has 1 fully saturated rings. The second-order valence-corrected chi connectivity index (χ2v) is 18.0. The third kappa shape index (κ3) is 10.1. The summed E-state index contributed by atoms with van der Waals surface area (Å²) in [6.07, 6.45) is 7.20. The number of halogens is 3. The van der Waals surface area contributed by atoms with E-state index < -0.39 is 11.9 Å². The Labute approximate surface area is 394 Å². The summed E-state index contributed by atoms with van der Waals surface area (Å²) in [6.45, 7) is 8.15. The average Bonchev–Trinajstić information content (AvgIpc) is 4.07. The van der Waals surface area contributed by atoms with Crippen LogP contribution in [-0.2, 0) is 32.9 Å². The number of carbonyl (C=O) groups excluding carboxylic acids is 2. The largest absolute Gasteiger partial charge is 0.516 e. The third-order valence-corrected chi connectivity index (χ3v) is 11.7. The van der Waals surface area contributed by atoms with Crippen molar-refractivity contribution in [3.05, 3.63) is 121 Å². The van der Waals surface area contributed by atoms with Gasteiger partial charge >= 0.3 is 19.1 Å². The van der Waals surface area contributed by atoms with Crippen molar-refractivity contribution in [2.75, 3.05) is 14.2 Å². The molecule has 0 bridgehead atoms. The van der Waals surface area contributed by atoms with E-state index in [1.807, 2.05) is 127 Å². The molecule has 2 aromatic carbocycles.